The molecule has 142 valence electrons. The number of hydrogen-bond donors (Lipinski definition) is 2. The standard InChI is InChI=1S/C23H24N4O/c1-23(2,3)16-8-10-17(11-9-16)26-21-19-13-20(27-22(19)25-14-24-21)15-6-5-7-18(12-15)28-4/h5-14H,1-4H3,(H2,24,25,26,27). The van der Waals surface area contributed by atoms with Crippen molar-refractivity contribution in [1.29, 1.82) is 0 Å². The van der Waals surface area contributed by atoms with E-state index < -0.39 is 0 Å². The normalized spacial score (nSPS) is 11.6. The Morgan fingerprint density at radius 2 is 1.75 bits per heavy atom. The number of nitrogens with one attached hydrogen (secondary N) is 2. The molecule has 0 fully saturated rings. The molecule has 0 aliphatic carbocycles. The van der Waals surface area contributed by atoms with Crippen molar-refractivity contribution < 1.29 is 4.74 Å². The molecule has 28 heavy (non-hydrogen) atoms. The molecule has 5 nitrogen and oxygen atoms in total. The van der Waals surface area contributed by atoms with E-state index in [1.54, 1.807) is 13.4 Å². The third kappa shape index (κ3) is 3.56. The van der Waals surface area contributed by atoms with Crippen molar-refractivity contribution in [3.63, 3.8) is 0 Å². The number of fused-ring (bicyclic) bond motifs is 1. The lowest BCUT2D eigenvalue weighted by atomic mass is 9.87. The van der Waals surface area contributed by atoms with Gasteiger partial charge in [-0.25, -0.2) is 9.97 Å². The van der Waals surface area contributed by atoms with Crippen LogP contribution in [0.1, 0.15) is 26.3 Å². The molecular weight excluding hydrogens is 348 g/mol. The fraction of sp³-hybridized carbons (Fsp3) is 0.217. The van der Waals surface area contributed by atoms with E-state index in [2.05, 4.69) is 71.4 Å². The van der Waals surface area contributed by atoms with E-state index in [1.165, 1.54) is 5.56 Å². The van der Waals surface area contributed by atoms with Crippen LogP contribution in [0.4, 0.5) is 11.5 Å². The van der Waals surface area contributed by atoms with E-state index in [0.29, 0.717) is 0 Å². The number of rotatable bonds is 4. The highest BCUT2D eigenvalue weighted by molar-refractivity contribution is 5.93. The Morgan fingerprint density at radius 1 is 0.964 bits per heavy atom. The minimum atomic E-state index is 0.132. The number of benzene rings is 2. The molecule has 2 aromatic heterocycles. The molecule has 0 spiro atoms. The molecular formula is C23H24N4O. The van der Waals surface area contributed by atoms with Crippen molar-refractivity contribution in [2.24, 2.45) is 0 Å². The summed E-state index contributed by atoms with van der Waals surface area (Å²) in [5.41, 5.74) is 5.23. The first-order valence-electron chi connectivity index (χ1n) is 9.30. The lowest BCUT2D eigenvalue weighted by Gasteiger charge is -2.19. The average Bonchev–Trinajstić information content (AvgIpc) is 3.13. The molecule has 0 aliphatic rings. The van der Waals surface area contributed by atoms with Crippen molar-refractivity contribution in [1.82, 2.24) is 15.0 Å². The molecule has 0 saturated heterocycles. The summed E-state index contributed by atoms with van der Waals surface area (Å²) in [6, 6.07) is 18.5. The summed E-state index contributed by atoms with van der Waals surface area (Å²) in [7, 11) is 1.67. The van der Waals surface area contributed by atoms with Gasteiger partial charge in [0, 0.05) is 16.9 Å². The Kier molecular flexibility index (Phi) is 4.51. The predicted octanol–water partition coefficient (Wildman–Crippen LogP) is 5.67. The third-order valence-electron chi connectivity index (χ3n) is 4.82. The smallest absolute Gasteiger partial charge is 0.143 e. The van der Waals surface area contributed by atoms with Crippen LogP contribution < -0.4 is 10.1 Å². The zero-order valence-corrected chi connectivity index (χ0v) is 16.6. The van der Waals surface area contributed by atoms with Crippen LogP contribution in [0.25, 0.3) is 22.3 Å². The van der Waals surface area contributed by atoms with Gasteiger partial charge in [0.25, 0.3) is 0 Å². The molecule has 0 bridgehead atoms. The summed E-state index contributed by atoms with van der Waals surface area (Å²) >= 11 is 0. The number of H-pyrrole nitrogens is 1. The van der Waals surface area contributed by atoms with E-state index >= 15 is 0 Å². The summed E-state index contributed by atoms with van der Waals surface area (Å²) in [5.74, 6) is 1.60. The Bertz CT molecular complexity index is 1110. The molecule has 0 saturated carbocycles. The van der Waals surface area contributed by atoms with Crippen LogP contribution in [-0.4, -0.2) is 22.1 Å². The van der Waals surface area contributed by atoms with E-state index in [4.69, 9.17) is 4.74 Å². The summed E-state index contributed by atoms with van der Waals surface area (Å²) in [5, 5.41) is 4.36. The number of ether oxygens (including phenoxy) is 1. The van der Waals surface area contributed by atoms with Crippen LogP contribution in [-0.2, 0) is 5.41 Å². The van der Waals surface area contributed by atoms with Crippen LogP contribution in [0, 0.1) is 0 Å². The highest BCUT2D eigenvalue weighted by Gasteiger charge is 2.14. The maximum absolute atomic E-state index is 5.33. The summed E-state index contributed by atoms with van der Waals surface area (Å²) in [6.45, 7) is 6.63. The van der Waals surface area contributed by atoms with Gasteiger partial charge in [-0.05, 0) is 41.3 Å². The first-order valence-corrected chi connectivity index (χ1v) is 9.30. The molecule has 0 aliphatic heterocycles. The Morgan fingerprint density at radius 3 is 2.46 bits per heavy atom. The molecule has 2 heterocycles. The van der Waals surface area contributed by atoms with E-state index in [0.717, 1.165) is 39.5 Å². The third-order valence-corrected chi connectivity index (χ3v) is 4.82. The lowest BCUT2D eigenvalue weighted by molar-refractivity contribution is 0.415. The molecule has 4 aromatic rings. The van der Waals surface area contributed by atoms with Gasteiger partial charge < -0.3 is 15.0 Å². The fourth-order valence-electron chi connectivity index (χ4n) is 3.18. The molecule has 4 rings (SSSR count). The quantitative estimate of drug-likeness (QED) is 0.484. The predicted molar refractivity (Wildman–Crippen MR) is 114 cm³/mol. The lowest BCUT2D eigenvalue weighted by Crippen LogP contribution is -2.10. The van der Waals surface area contributed by atoms with E-state index in [-0.39, 0.29) is 5.41 Å². The zero-order valence-electron chi connectivity index (χ0n) is 16.6. The van der Waals surface area contributed by atoms with Crippen molar-refractivity contribution in [3.8, 4) is 17.0 Å². The zero-order chi connectivity index (χ0) is 19.7. The topological polar surface area (TPSA) is 62.8 Å². The number of methoxy groups -OCH3 is 1. The maximum atomic E-state index is 5.33. The van der Waals surface area contributed by atoms with Crippen molar-refractivity contribution in [2.45, 2.75) is 26.2 Å². The minimum absolute atomic E-state index is 0.132. The highest BCUT2D eigenvalue weighted by Crippen LogP contribution is 2.30. The molecule has 0 unspecified atom stereocenters. The van der Waals surface area contributed by atoms with Gasteiger partial charge in [-0.2, -0.15) is 0 Å². The highest BCUT2D eigenvalue weighted by atomic mass is 16.5. The SMILES string of the molecule is COc1cccc(-c2cc3c(Nc4ccc(C(C)(C)C)cc4)ncnc3[nH]2)c1. The van der Waals surface area contributed by atoms with Gasteiger partial charge in [0.05, 0.1) is 12.5 Å². The van der Waals surface area contributed by atoms with Crippen LogP contribution in [0.2, 0.25) is 0 Å². The van der Waals surface area contributed by atoms with E-state index in [1.807, 2.05) is 24.3 Å². The number of anilines is 2. The van der Waals surface area contributed by atoms with Crippen molar-refractivity contribution in [3.05, 3.63) is 66.5 Å². The maximum Gasteiger partial charge on any atom is 0.143 e. The van der Waals surface area contributed by atoms with Gasteiger partial charge in [0.15, 0.2) is 0 Å². The van der Waals surface area contributed by atoms with Gasteiger partial charge in [0.1, 0.15) is 23.5 Å². The average molecular weight is 372 g/mol. The first kappa shape index (κ1) is 18.0. The number of aromatic amines is 1. The van der Waals surface area contributed by atoms with Gasteiger partial charge in [0.2, 0.25) is 0 Å². The Hall–Kier alpha value is -3.34. The monoisotopic (exact) mass is 372 g/mol. The van der Waals surface area contributed by atoms with Gasteiger partial charge in [-0.3, -0.25) is 0 Å². The van der Waals surface area contributed by atoms with Crippen molar-refractivity contribution >= 4 is 22.5 Å². The molecule has 0 atom stereocenters. The molecule has 2 N–H and O–H groups in total. The molecule has 2 aromatic carbocycles. The van der Waals surface area contributed by atoms with E-state index in [9.17, 15) is 0 Å². The Balaban J connectivity index is 1.67. The van der Waals surface area contributed by atoms with Gasteiger partial charge in [-0.15, -0.1) is 0 Å². The van der Waals surface area contributed by atoms with Crippen LogP contribution in [0.5, 0.6) is 5.75 Å². The van der Waals surface area contributed by atoms with Crippen LogP contribution in [0.15, 0.2) is 60.9 Å². The second kappa shape index (κ2) is 7.00. The molecule has 5 heteroatoms. The summed E-state index contributed by atoms with van der Waals surface area (Å²) in [6.07, 6.45) is 1.57. The number of hydrogen-bond acceptors (Lipinski definition) is 4. The van der Waals surface area contributed by atoms with Crippen molar-refractivity contribution in [2.75, 3.05) is 12.4 Å². The van der Waals surface area contributed by atoms with Crippen LogP contribution >= 0.6 is 0 Å². The van der Waals surface area contributed by atoms with Gasteiger partial charge in [-0.1, -0.05) is 45.0 Å². The molecule has 0 radical (unpaired) electrons. The second-order valence-corrected chi connectivity index (χ2v) is 7.85. The summed E-state index contributed by atoms with van der Waals surface area (Å²) < 4.78 is 5.33. The minimum Gasteiger partial charge on any atom is -0.497 e. The second-order valence-electron chi connectivity index (χ2n) is 7.85. The summed E-state index contributed by atoms with van der Waals surface area (Å²) in [4.78, 5) is 12.2. The Labute approximate surface area is 164 Å². The van der Waals surface area contributed by atoms with Gasteiger partial charge >= 0.3 is 0 Å². The molecule has 0 amide bonds. The number of nitrogens with zero attached hydrogens (tertiary/aromatic N) is 2. The first-order chi connectivity index (χ1) is 13.4. The largest absolute Gasteiger partial charge is 0.497 e. The number of aromatic nitrogens is 3. The fourth-order valence-corrected chi connectivity index (χ4v) is 3.18. The van der Waals surface area contributed by atoms with Crippen LogP contribution in [0.3, 0.4) is 0 Å².